The number of rotatable bonds is 6. The van der Waals surface area contributed by atoms with Crippen LogP contribution in [-0.2, 0) is 4.74 Å². The van der Waals surface area contributed by atoms with Crippen molar-refractivity contribution in [3.05, 3.63) is 69.6 Å². The van der Waals surface area contributed by atoms with Crippen LogP contribution in [0.15, 0.2) is 51.7 Å². The molecule has 1 aliphatic rings. The molecule has 0 atom stereocenters. The lowest BCUT2D eigenvalue weighted by molar-refractivity contribution is 0.0376. The highest BCUT2D eigenvalue weighted by atomic mass is 32.1. The van der Waals surface area contributed by atoms with Crippen molar-refractivity contribution in [3.63, 3.8) is 0 Å². The monoisotopic (exact) mass is 477 g/mol. The first-order valence-electron chi connectivity index (χ1n) is 11.5. The van der Waals surface area contributed by atoms with Gasteiger partial charge in [-0.3, -0.25) is 19.4 Å². The summed E-state index contributed by atoms with van der Waals surface area (Å²) in [5.74, 6) is -0.318. The summed E-state index contributed by atoms with van der Waals surface area (Å²) in [5.41, 5.74) is 3.28. The summed E-state index contributed by atoms with van der Waals surface area (Å²) in [4.78, 5) is 35.2. The van der Waals surface area contributed by atoms with Gasteiger partial charge in [0.25, 0.3) is 5.91 Å². The SMILES string of the molecule is Cc1ccc(C)c2sc(N(CCCN3CCOCC3)C(=O)c3cc(=O)c4ccccc4o3)nc12. The Balaban J connectivity index is 1.49. The Morgan fingerprint density at radius 2 is 1.88 bits per heavy atom. The Kier molecular flexibility index (Phi) is 6.45. The molecule has 0 aliphatic carbocycles. The third-order valence-corrected chi connectivity index (χ3v) is 7.43. The third-order valence-electron chi connectivity index (χ3n) is 6.21. The molecule has 5 rings (SSSR count). The van der Waals surface area contributed by atoms with Crippen LogP contribution in [0.5, 0.6) is 0 Å². The van der Waals surface area contributed by atoms with E-state index >= 15 is 0 Å². The van der Waals surface area contributed by atoms with Crippen LogP contribution in [0.3, 0.4) is 0 Å². The van der Waals surface area contributed by atoms with Gasteiger partial charge in [-0.25, -0.2) is 4.98 Å². The summed E-state index contributed by atoms with van der Waals surface area (Å²) in [7, 11) is 0. The van der Waals surface area contributed by atoms with Gasteiger partial charge in [0.05, 0.1) is 28.8 Å². The standard InChI is InChI=1S/C26H27N3O4S/c1-17-8-9-18(2)24-23(17)27-26(34-24)29(11-5-10-28-12-14-32-15-13-28)25(31)22-16-20(30)19-6-3-4-7-21(19)33-22/h3-4,6-9,16H,5,10-15H2,1-2H3. The summed E-state index contributed by atoms with van der Waals surface area (Å²) >= 11 is 1.50. The van der Waals surface area contributed by atoms with Crippen molar-refractivity contribution >= 4 is 43.6 Å². The zero-order valence-electron chi connectivity index (χ0n) is 19.4. The summed E-state index contributed by atoms with van der Waals surface area (Å²) in [5, 5.41) is 1.08. The van der Waals surface area contributed by atoms with Crippen molar-refractivity contribution in [2.45, 2.75) is 20.3 Å². The quantitative estimate of drug-likeness (QED) is 0.410. The van der Waals surface area contributed by atoms with Crippen molar-refractivity contribution in [3.8, 4) is 0 Å². The van der Waals surface area contributed by atoms with Gasteiger partial charge >= 0.3 is 0 Å². The van der Waals surface area contributed by atoms with Gasteiger partial charge in [0, 0.05) is 32.2 Å². The minimum atomic E-state index is -0.348. The van der Waals surface area contributed by atoms with Gasteiger partial charge in [-0.05, 0) is 43.5 Å². The minimum absolute atomic E-state index is 0.0303. The number of fused-ring (bicyclic) bond motifs is 2. The number of nitrogens with zero attached hydrogens (tertiary/aromatic N) is 3. The third kappa shape index (κ3) is 4.49. The molecule has 1 saturated heterocycles. The Morgan fingerprint density at radius 1 is 1.12 bits per heavy atom. The summed E-state index contributed by atoms with van der Waals surface area (Å²) < 4.78 is 12.4. The summed E-state index contributed by atoms with van der Waals surface area (Å²) in [6.45, 7) is 8.68. The van der Waals surface area contributed by atoms with E-state index in [4.69, 9.17) is 14.1 Å². The van der Waals surface area contributed by atoms with E-state index in [-0.39, 0.29) is 17.1 Å². The van der Waals surface area contributed by atoms with Crippen LogP contribution in [0.2, 0.25) is 0 Å². The zero-order valence-corrected chi connectivity index (χ0v) is 20.2. The molecule has 4 aromatic rings. The minimum Gasteiger partial charge on any atom is -0.451 e. The van der Waals surface area contributed by atoms with E-state index in [9.17, 15) is 9.59 Å². The molecule has 3 heterocycles. The number of aromatic nitrogens is 1. The molecule has 1 amide bonds. The number of benzene rings is 2. The topological polar surface area (TPSA) is 75.9 Å². The molecule has 34 heavy (non-hydrogen) atoms. The second kappa shape index (κ2) is 9.66. The molecule has 2 aromatic carbocycles. The normalized spacial score (nSPS) is 14.6. The fourth-order valence-corrected chi connectivity index (χ4v) is 5.40. The number of aryl methyl sites for hydroxylation is 2. The van der Waals surface area contributed by atoms with Gasteiger partial charge < -0.3 is 9.15 Å². The number of carbonyl (C=O) groups is 1. The number of morpholine rings is 1. The van der Waals surface area contributed by atoms with Crippen molar-refractivity contribution < 1.29 is 13.9 Å². The number of carbonyl (C=O) groups excluding carboxylic acids is 1. The zero-order chi connectivity index (χ0) is 23.7. The van der Waals surface area contributed by atoms with Crippen LogP contribution in [0.1, 0.15) is 28.1 Å². The van der Waals surface area contributed by atoms with Crippen LogP contribution in [0, 0.1) is 13.8 Å². The lowest BCUT2D eigenvalue weighted by atomic mass is 10.1. The highest BCUT2D eigenvalue weighted by Crippen LogP contribution is 2.34. The van der Waals surface area contributed by atoms with E-state index in [1.54, 1.807) is 29.2 Å². The van der Waals surface area contributed by atoms with E-state index in [0.717, 1.165) is 60.6 Å². The molecule has 0 saturated carbocycles. The number of anilines is 1. The van der Waals surface area contributed by atoms with Crippen LogP contribution < -0.4 is 10.3 Å². The van der Waals surface area contributed by atoms with Gasteiger partial charge in [0.2, 0.25) is 0 Å². The van der Waals surface area contributed by atoms with Crippen LogP contribution in [-0.4, -0.2) is 55.2 Å². The lowest BCUT2D eigenvalue weighted by Gasteiger charge is -2.27. The van der Waals surface area contributed by atoms with Crippen LogP contribution >= 0.6 is 11.3 Å². The number of ether oxygens (including phenoxy) is 1. The van der Waals surface area contributed by atoms with Gasteiger partial charge in [-0.2, -0.15) is 0 Å². The number of hydrogen-bond donors (Lipinski definition) is 0. The first-order valence-corrected chi connectivity index (χ1v) is 12.3. The molecule has 8 heteroatoms. The van der Waals surface area contributed by atoms with E-state index in [1.807, 2.05) is 13.0 Å². The Hall–Kier alpha value is -3.07. The molecule has 2 aromatic heterocycles. The van der Waals surface area contributed by atoms with Gasteiger partial charge in [0.1, 0.15) is 5.58 Å². The average molecular weight is 478 g/mol. The largest absolute Gasteiger partial charge is 0.451 e. The van der Waals surface area contributed by atoms with Crippen molar-refractivity contribution in [1.29, 1.82) is 0 Å². The highest BCUT2D eigenvalue weighted by molar-refractivity contribution is 7.22. The molecule has 0 radical (unpaired) electrons. The van der Waals surface area contributed by atoms with Crippen LogP contribution in [0.25, 0.3) is 21.2 Å². The smallest absolute Gasteiger partial charge is 0.295 e. The Bertz CT molecular complexity index is 1370. The van der Waals surface area contributed by atoms with Gasteiger partial charge in [0.15, 0.2) is 16.3 Å². The Labute approximate surface area is 201 Å². The molecule has 0 N–H and O–H groups in total. The number of amides is 1. The first kappa shape index (κ1) is 22.7. The summed E-state index contributed by atoms with van der Waals surface area (Å²) in [6, 6.07) is 12.4. The van der Waals surface area contributed by atoms with Crippen molar-refractivity contribution in [1.82, 2.24) is 9.88 Å². The first-order chi connectivity index (χ1) is 16.5. The summed E-state index contributed by atoms with van der Waals surface area (Å²) in [6.07, 6.45) is 0.775. The molecule has 1 fully saturated rings. The molecular weight excluding hydrogens is 450 g/mol. The maximum atomic E-state index is 13.7. The lowest BCUT2D eigenvalue weighted by Crippen LogP contribution is -2.39. The number of thiazole rings is 1. The van der Waals surface area contributed by atoms with E-state index in [2.05, 4.69) is 17.9 Å². The van der Waals surface area contributed by atoms with E-state index in [1.165, 1.54) is 17.4 Å². The molecule has 0 bridgehead atoms. The van der Waals surface area contributed by atoms with Gasteiger partial charge in [-0.1, -0.05) is 35.6 Å². The molecular formula is C26H27N3O4S. The highest BCUT2D eigenvalue weighted by Gasteiger charge is 2.25. The van der Waals surface area contributed by atoms with Crippen molar-refractivity contribution in [2.24, 2.45) is 0 Å². The molecule has 0 unspecified atom stereocenters. The maximum absolute atomic E-state index is 13.7. The fourth-order valence-electron chi connectivity index (χ4n) is 4.27. The van der Waals surface area contributed by atoms with E-state index < -0.39 is 0 Å². The predicted octanol–water partition coefficient (Wildman–Crippen LogP) is 4.39. The second-order valence-corrected chi connectivity index (χ2v) is 9.59. The fraction of sp³-hybridized carbons (Fsp3) is 0.346. The average Bonchev–Trinajstić information content (AvgIpc) is 3.31. The van der Waals surface area contributed by atoms with Crippen molar-refractivity contribution in [2.75, 3.05) is 44.3 Å². The maximum Gasteiger partial charge on any atom is 0.295 e. The van der Waals surface area contributed by atoms with E-state index in [0.29, 0.717) is 22.6 Å². The number of hydrogen-bond acceptors (Lipinski definition) is 7. The molecule has 7 nitrogen and oxygen atoms in total. The Morgan fingerprint density at radius 3 is 2.68 bits per heavy atom. The van der Waals surface area contributed by atoms with Gasteiger partial charge in [-0.15, -0.1) is 0 Å². The molecule has 1 aliphatic heterocycles. The molecule has 0 spiro atoms. The van der Waals surface area contributed by atoms with Crippen LogP contribution in [0.4, 0.5) is 5.13 Å². The number of para-hydroxylation sites is 1. The second-order valence-electron chi connectivity index (χ2n) is 8.61. The molecule has 176 valence electrons. The predicted molar refractivity (Wildman–Crippen MR) is 135 cm³/mol.